The van der Waals surface area contributed by atoms with E-state index in [0.717, 1.165) is 37.0 Å². The smallest absolute Gasteiger partial charge is 0.319 e. The van der Waals surface area contributed by atoms with E-state index >= 15 is 0 Å². The van der Waals surface area contributed by atoms with Gasteiger partial charge in [0.15, 0.2) is 5.96 Å². The number of alkyl halides is 2. The number of hydrogen-bond donors (Lipinski definition) is 2. The van der Waals surface area contributed by atoms with Crippen LogP contribution in [0.25, 0.3) is 0 Å². The van der Waals surface area contributed by atoms with Crippen molar-refractivity contribution in [3.63, 3.8) is 0 Å². The highest BCUT2D eigenvalue weighted by molar-refractivity contribution is 5.79. The Bertz CT molecular complexity index is 485. The van der Waals surface area contributed by atoms with Crippen LogP contribution in [0.5, 0.6) is 0 Å². The summed E-state index contributed by atoms with van der Waals surface area (Å²) in [6.07, 6.45) is 4.76. The minimum atomic E-state index is -2.58. The first-order valence-electron chi connectivity index (χ1n) is 8.51. The zero-order valence-corrected chi connectivity index (χ0v) is 15.1. The van der Waals surface area contributed by atoms with Crippen molar-refractivity contribution in [3.8, 4) is 0 Å². The van der Waals surface area contributed by atoms with Crippen LogP contribution in [0.15, 0.2) is 17.4 Å². The van der Waals surface area contributed by atoms with Gasteiger partial charge in [0.2, 0.25) is 0 Å². The minimum absolute atomic E-state index is 0.198. The second kappa shape index (κ2) is 11.0. The Hall–Kier alpha value is -1.70. The molecule has 1 unspecified atom stereocenters. The number of rotatable bonds is 10. The normalized spacial score (nSPS) is 13.6. The van der Waals surface area contributed by atoms with E-state index in [1.165, 1.54) is 12.4 Å². The van der Waals surface area contributed by atoms with Crippen molar-refractivity contribution in [2.45, 2.75) is 52.7 Å². The Morgan fingerprint density at radius 2 is 2.08 bits per heavy atom. The van der Waals surface area contributed by atoms with Crippen molar-refractivity contribution in [2.24, 2.45) is 4.99 Å². The highest BCUT2D eigenvalue weighted by atomic mass is 19.3. The first-order chi connectivity index (χ1) is 11.5. The summed E-state index contributed by atoms with van der Waals surface area (Å²) in [5.74, 6) is 0.872. The number of imidazole rings is 1. The Kier molecular flexibility index (Phi) is 9.29. The molecule has 2 N–H and O–H groups in total. The molecule has 0 aliphatic heterocycles. The molecule has 6 nitrogen and oxygen atoms in total. The molecule has 1 atom stereocenters. The molecule has 0 aliphatic rings. The van der Waals surface area contributed by atoms with Crippen LogP contribution in [0, 0.1) is 0 Å². The van der Waals surface area contributed by atoms with E-state index in [-0.39, 0.29) is 18.4 Å². The van der Waals surface area contributed by atoms with E-state index < -0.39 is 6.55 Å². The summed E-state index contributed by atoms with van der Waals surface area (Å²) in [5.41, 5.74) is 0. The van der Waals surface area contributed by atoms with Gasteiger partial charge >= 0.3 is 6.55 Å². The Balaban J connectivity index is 2.37. The van der Waals surface area contributed by atoms with Gasteiger partial charge in [-0.2, -0.15) is 8.78 Å². The predicted octanol–water partition coefficient (Wildman–Crippen LogP) is 2.45. The molecule has 0 saturated carbocycles. The largest absolute Gasteiger partial charge is 0.354 e. The third-order valence-electron chi connectivity index (χ3n) is 3.99. The molecule has 0 amide bonds. The molecule has 0 bridgehead atoms. The molecule has 24 heavy (non-hydrogen) atoms. The lowest BCUT2D eigenvalue weighted by Gasteiger charge is -2.21. The molecule has 0 saturated heterocycles. The highest BCUT2D eigenvalue weighted by Crippen LogP contribution is 2.11. The van der Waals surface area contributed by atoms with Crippen LogP contribution in [0.4, 0.5) is 8.78 Å². The molecule has 1 heterocycles. The van der Waals surface area contributed by atoms with E-state index in [9.17, 15) is 8.78 Å². The predicted molar refractivity (Wildman–Crippen MR) is 93.3 cm³/mol. The lowest BCUT2D eigenvalue weighted by atomic mass is 10.2. The van der Waals surface area contributed by atoms with E-state index in [1.807, 2.05) is 0 Å². The van der Waals surface area contributed by atoms with Gasteiger partial charge in [-0.3, -0.25) is 9.56 Å². The second-order valence-electron chi connectivity index (χ2n) is 5.67. The maximum atomic E-state index is 12.8. The van der Waals surface area contributed by atoms with E-state index in [2.05, 4.69) is 46.3 Å². The SMILES string of the molecule is CCN(CC)CCCC(C)NC(=NC)NCc1nccn1C(F)F. The topological polar surface area (TPSA) is 57.5 Å². The Morgan fingerprint density at radius 1 is 1.38 bits per heavy atom. The van der Waals surface area contributed by atoms with Gasteiger partial charge in [-0.15, -0.1) is 0 Å². The Morgan fingerprint density at radius 3 is 2.67 bits per heavy atom. The lowest BCUT2D eigenvalue weighted by molar-refractivity contribution is 0.0668. The molecule has 1 rings (SSSR count). The maximum absolute atomic E-state index is 12.8. The van der Waals surface area contributed by atoms with Crippen LogP contribution in [0.1, 0.15) is 46.0 Å². The number of guanidine groups is 1. The fourth-order valence-corrected chi connectivity index (χ4v) is 2.48. The molecule has 1 aromatic heterocycles. The van der Waals surface area contributed by atoms with Crippen molar-refractivity contribution in [2.75, 3.05) is 26.7 Å². The van der Waals surface area contributed by atoms with E-state index in [4.69, 9.17) is 0 Å². The van der Waals surface area contributed by atoms with Gasteiger partial charge in [0.25, 0.3) is 0 Å². The summed E-state index contributed by atoms with van der Waals surface area (Å²) in [5, 5.41) is 6.31. The minimum Gasteiger partial charge on any atom is -0.354 e. The van der Waals surface area contributed by atoms with Crippen molar-refractivity contribution >= 4 is 5.96 Å². The molecule has 8 heteroatoms. The first-order valence-corrected chi connectivity index (χ1v) is 8.51. The van der Waals surface area contributed by atoms with Crippen LogP contribution >= 0.6 is 0 Å². The van der Waals surface area contributed by atoms with Gasteiger partial charge in [-0.25, -0.2) is 4.98 Å². The van der Waals surface area contributed by atoms with Gasteiger partial charge in [0, 0.05) is 25.5 Å². The van der Waals surface area contributed by atoms with Gasteiger partial charge in [-0.1, -0.05) is 13.8 Å². The van der Waals surface area contributed by atoms with Crippen LogP contribution < -0.4 is 10.6 Å². The zero-order valence-electron chi connectivity index (χ0n) is 15.1. The summed E-state index contributed by atoms with van der Waals surface area (Å²) < 4.78 is 26.4. The fraction of sp³-hybridized carbons (Fsp3) is 0.750. The maximum Gasteiger partial charge on any atom is 0.319 e. The number of halogens is 2. The van der Waals surface area contributed by atoms with Crippen LogP contribution in [0.2, 0.25) is 0 Å². The Labute approximate surface area is 143 Å². The van der Waals surface area contributed by atoms with Crippen LogP contribution in [-0.2, 0) is 6.54 Å². The van der Waals surface area contributed by atoms with Crippen molar-refractivity contribution in [3.05, 3.63) is 18.2 Å². The van der Waals surface area contributed by atoms with Gasteiger partial charge in [0.1, 0.15) is 5.82 Å². The quantitative estimate of drug-likeness (QED) is 0.506. The molecule has 138 valence electrons. The van der Waals surface area contributed by atoms with Crippen LogP contribution in [-0.4, -0.2) is 53.1 Å². The average Bonchev–Trinajstić information content (AvgIpc) is 3.04. The summed E-state index contributed by atoms with van der Waals surface area (Å²) in [7, 11) is 1.66. The van der Waals surface area contributed by atoms with Crippen molar-refractivity contribution < 1.29 is 8.78 Å². The number of aliphatic imine (C=N–C) groups is 1. The average molecular weight is 344 g/mol. The molecule has 0 spiro atoms. The summed E-state index contributed by atoms with van der Waals surface area (Å²) >= 11 is 0. The summed E-state index contributed by atoms with van der Waals surface area (Å²) in [6, 6.07) is 0.251. The number of hydrogen-bond acceptors (Lipinski definition) is 3. The zero-order chi connectivity index (χ0) is 17.9. The standard InChI is InChI=1S/C16H30F2N6/c1-5-23(6-2)10-7-8-13(3)22-16(19-4)21-12-14-20-9-11-24(14)15(17)18/h9,11,13,15H,5-8,10,12H2,1-4H3,(H2,19,21,22). The molecule has 0 fully saturated rings. The van der Waals surface area contributed by atoms with Gasteiger partial charge in [-0.05, 0) is 39.4 Å². The van der Waals surface area contributed by atoms with Crippen LogP contribution in [0.3, 0.4) is 0 Å². The monoisotopic (exact) mass is 344 g/mol. The molecule has 0 aliphatic carbocycles. The third-order valence-corrected chi connectivity index (χ3v) is 3.99. The van der Waals surface area contributed by atoms with E-state index in [0.29, 0.717) is 5.96 Å². The van der Waals surface area contributed by atoms with E-state index in [1.54, 1.807) is 7.05 Å². The lowest BCUT2D eigenvalue weighted by Crippen LogP contribution is -2.42. The van der Waals surface area contributed by atoms with Crippen molar-refractivity contribution in [1.82, 2.24) is 25.1 Å². The summed E-state index contributed by atoms with van der Waals surface area (Å²) in [4.78, 5) is 10.5. The molecular formula is C16H30F2N6. The highest BCUT2D eigenvalue weighted by Gasteiger charge is 2.12. The first kappa shape index (κ1) is 20.3. The van der Waals surface area contributed by atoms with Gasteiger partial charge in [0.05, 0.1) is 6.54 Å². The molecule has 1 aromatic rings. The molecule has 0 aromatic carbocycles. The molecular weight excluding hydrogens is 314 g/mol. The second-order valence-corrected chi connectivity index (χ2v) is 5.67. The summed E-state index contributed by atoms with van der Waals surface area (Å²) in [6.45, 7) is 7.25. The van der Waals surface area contributed by atoms with Gasteiger partial charge < -0.3 is 15.5 Å². The number of aromatic nitrogens is 2. The molecule has 0 radical (unpaired) electrons. The number of nitrogens with one attached hydrogen (secondary N) is 2. The van der Waals surface area contributed by atoms with Crippen molar-refractivity contribution in [1.29, 1.82) is 0 Å². The number of nitrogens with zero attached hydrogens (tertiary/aromatic N) is 4. The fourth-order valence-electron chi connectivity index (χ4n) is 2.48. The third kappa shape index (κ3) is 6.82.